The van der Waals surface area contributed by atoms with Gasteiger partial charge in [0.15, 0.2) is 0 Å². The molecule has 2 aromatic rings. The van der Waals surface area contributed by atoms with E-state index in [-0.39, 0.29) is 16.8 Å². The van der Waals surface area contributed by atoms with Crippen molar-refractivity contribution < 1.29 is 4.92 Å². The summed E-state index contributed by atoms with van der Waals surface area (Å²) in [6, 6.07) is 6.76. The summed E-state index contributed by atoms with van der Waals surface area (Å²) in [5.41, 5.74) is 0.848. The fourth-order valence-electron chi connectivity index (χ4n) is 1.72. The van der Waals surface area contributed by atoms with E-state index >= 15 is 0 Å². The van der Waals surface area contributed by atoms with Crippen molar-refractivity contribution in [3.63, 3.8) is 0 Å². The molecule has 1 heterocycles. The van der Waals surface area contributed by atoms with Crippen LogP contribution in [0.5, 0.6) is 0 Å². The average Bonchev–Trinajstić information content (AvgIpc) is 2.68. The summed E-state index contributed by atoms with van der Waals surface area (Å²) >= 11 is 11.9. The largest absolute Gasteiger partial charge is 0.329 e. The molecule has 0 radical (unpaired) electrons. The third kappa shape index (κ3) is 2.57. The Kier molecular flexibility index (Phi) is 3.78. The predicted molar refractivity (Wildman–Crippen MR) is 74.3 cm³/mol. The Morgan fingerprint density at radius 1 is 1.26 bits per heavy atom. The van der Waals surface area contributed by atoms with Crippen molar-refractivity contribution in [2.24, 2.45) is 0 Å². The van der Waals surface area contributed by atoms with Crippen LogP contribution in [-0.2, 0) is 0 Å². The van der Waals surface area contributed by atoms with Gasteiger partial charge in [-0.05, 0) is 24.3 Å². The van der Waals surface area contributed by atoms with Crippen molar-refractivity contribution >= 4 is 28.9 Å². The molecule has 0 aliphatic rings. The molecule has 19 heavy (non-hydrogen) atoms. The van der Waals surface area contributed by atoms with Crippen LogP contribution < -0.4 is 0 Å². The second kappa shape index (κ2) is 5.19. The molecule has 0 fully saturated rings. The highest BCUT2D eigenvalue weighted by molar-refractivity contribution is 6.32. The summed E-state index contributed by atoms with van der Waals surface area (Å²) in [6.45, 7) is 3.66. The van der Waals surface area contributed by atoms with Gasteiger partial charge in [-0.1, -0.05) is 37.0 Å². The van der Waals surface area contributed by atoms with Gasteiger partial charge >= 0.3 is 5.69 Å². The molecule has 0 saturated heterocycles. The van der Waals surface area contributed by atoms with Crippen molar-refractivity contribution in [2.45, 2.75) is 19.8 Å². The van der Waals surface area contributed by atoms with Gasteiger partial charge < -0.3 is 0 Å². The van der Waals surface area contributed by atoms with Crippen molar-refractivity contribution in [3.05, 3.63) is 50.2 Å². The fourth-order valence-corrected chi connectivity index (χ4v) is 2.14. The average molecular weight is 300 g/mol. The molecular formula is C12H11Cl2N3O2. The van der Waals surface area contributed by atoms with Gasteiger partial charge in [0.1, 0.15) is 5.69 Å². The third-order valence-corrected chi connectivity index (χ3v) is 3.22. The van der Waals surface area contributed by atoms with Crippen LogP contribution in [0.2, 0.25) is 10.2 Å². The molecule has 2 rings (SSSR count). The van der Waals surface area contributed by atoms with Gasteiger partial charge in [-0.15, -0.1) is 0 Å². The number of hydrogen-bond acceptors (Lipinski definition) is 3. The standard InChI is InChI=1S/C12H11Cl2N3O2/c1-7(2)10-11(17(18)19)12(14)16(15-10)9-5-3-8(13)4-6-9/h3-7H,1-2H3. The third-order valence-electron chi connectivity index (χ3n) is 2.63. The number of nitro groups is 1. The molecule has 0 saturated carbocycles. The van der Waals surface area contributed by atoms with Gasteiger partial charge in [0, 0.05) is 10.9 Å². The molecule has 100 valence electrons. The Bertz CT molecular complexity index is 621. The maximum absolute atomic E-state index is 11.1. The van der Waals surface area contributed by atoms with E-state index < -0.39 is 4.92 Å². The van der Waals surface area contributed by atoms with Gasteiger partial charge in [-0.2, -0.15) is 5.10 Å². The number of hydrogen-bond donors (Lipinski definition) is 0. The molecule has 0 N–H and O–H groups in total. The summed E-state index contributed by atoms with van der Waals surface area (Å²) in [7, 11) is 0. The Morgan fingerprint density at radius 3 is 2.26 bits per heavy atom. The molecule has 0 aliphatic carbocycles. The molecular weight excluding hydrogens is 289 g/mol. The minimum Gasteiger partial charge on any atom is -0.258 e. The first-order valence-electron chi connectivity index (χ1n) is 5.60. The SMILES string of the molecule is CC(C)c1nn(-c2ccc(Cl)cc2)c(Cl)c1[N+](=O)[O-]. The van der Waals surface area contributed by atoms with E-state index in [1.807, 2.05) is 13.8 Å². The molecule has 0 aliphatic heterocycles. The van der Waals surface area contributed by atoms with Gasteiger partial charge in [0.2, 0.25) is 5.15 Å². The van der Waals surface area contributed by atoms with Gasteiger partial charge in [0.05, 0.1) is 10.6 Å². The molecule has 1 aromatic carbocycles. The zero-order valence-corrected chi connectivity index (χ0v) is 11.8. The quantitative estimate of drug-likeness (QED) is 0.630. The molecule has 0 amide bonds. The second-order valence-corrected chi connectivity index (χ2v) is 5.12. The Morgan fingerprint density at radius 2 is 1.84 bits per heavy atom. The van der Waals surface area contributed by atoms with Crippen LogP contribution in [0.25, 0.3) is 5.69 Å². The van der Waals surface area contributed by atoms with Crippen LogP contribution in [0, 0.1) is 10.1 Å². The number of benzene rings is 1. The lowest BCUT2D eigenvalue weighted by Gasteiger charge is -2.02. The summed E-state index contributed by atoms with van der Waals surface area (Å²) in [5, 5.41) is 15.9. The smallest absolute Gasteiger partial charge is 0.258 e. The van der Waals surface area contributed by atoms with Crippen molar-refractivity contribution in [1.29, 1.82) is 0 Å². The topological polar surface area (TPSA) is 61.0 Å². The van der Waals surface area contributed by atoms with Crippen LogP contribution in [0.4, 0.5) is 5.69 Å². The molecule has 0 bridgehead atoms. The molecule has 1 aromatic heterocycles. The Hall–Kier alpha value is -1.59. The Balaban J connectivity index is 2.62. The maximum Gasteiger partial charge on any atom is 0.329 e. The van der Waals surface area contributed by atoms with Crippen LogP contribution in [0.15, 0.2) is 24.3 Å². The first-order valence-corrected chi connectivity index (χ1v) is 6.36. The van der Waals surface area contributed by atoms with E-state index in [4.69, 9.17) is 23.2 Å². The summed E-state index contributed by atoms with van der Waals surface area (Å²) in [6.07, 6.45) is 0. The van der Waals surface area contributed by atoms with Crippen LogP contribution >= 0.6 is 23.2 Å². The summed E-state index contributed by atoms with van der Waals surface area (Å²) in [5.74, 6) is -0.0912. The van der Waals surface area contributed by atoms with Crippen molar-refractivity contribution in [3.8, 4) is 5.69 Å². The lowest BCUT2D eigenvalue weighted by Crippen LogP contribution is -1.98. The first-order chi connectivity index (χ1) is 8.91. The highest BCUT2D eigenvalue weighted by Gasteiger charge is 2.28. The lowest BCUT2D eigenvalue weighted by atomic mass is 10.1. The number of nitrogens with zero attached hydrogens (tertiary/aromatic N) is 3. The van der Waals surface area contributed by atoms with E-state index in [0.29, 0.717) is 16.4 Å². The fraction of sp³-hybridized carbons (Fsp3) is 0.250. The molecule has 0 unspecified atom stereocenters. The molecule has 0 atom stereocenters. The predicted octanol–water partition coefficient (Wildman–Crippen LogP) is 4.21. The summed E-state index contributed by atoms with van der Waals surface area (Å²) < 4.78 is 1.35. The van der Waals surface area contributed by atoms with E-state index in [0.717, 1.165) is 0 Å². The maximum atomic E-state index is 11.1. The first kappa shape index (κ1) is 13.8. The van der Waals surface area contributed by atoms with E-state index in [1.165, 1.54) is 4.68 Å². The molecule has 0 spiro atoms. The van der Waals surface area contributed by atoms with Gasteiger partial charge in [-0.25, -0.2) is 4.68 Å². The highest BCUT2D eigenvalue weighted by atomic mass is 35.5. The Labute approximate surface area is 119 Å². The van der Waals surface area contributed by atoms with E-state index in [2.05, 4.69) is 5.10 Å². The molecule has 7 heteroatoms. The normalized spacial score (nSPS) is 11.0. The van der Waals surface area contributed by atoms with E-state index in [9.17, 15) is 10.1 Å². The van der Waals surface area contributed by atoms with Gasteiger partial charge in [-0.3, -0.25) is 10.1 Å². The van der Waals surface area contributed by atoms with E-state index in [1.54, 1.807) is 24.3 Å². The van der Waals surface area contributed by atoms with Gasteiger partial charge in [0.25, 0.3) is 0 Å². The number of aromatic nitrogens is 2. The lowest BCUT2D eigenvalue weighted by molar-refractivity contribution is -0.385. The van der Waals surface area contributed by atoms with Crippen LogP contribution in [-0.4, -0.2) is 14.7 Å². The molecule has 5 nitrogen and oxygen atoms in total. The van der Waals surface area contributed by atoms with Crippen LogP contribution in [0.3, 0.4) is 0 Å². The number of halogens is 2. The number of rotatable bonds is 3. The highest BCUT2D eigenvalue weighted by Crippen LogP contribution is 2.34. The van der Waals surface area contributed by atoms with Crippen LogP contribution in [0.1, 0.15) is 25.5 Å². The zero-order chi connectivity index (χ0) is 14.2. The second-order valence-electron chi connectivity index (χ2n) is 4.32. The minimum absolute atomic E-state index is 0.00368. The van der Waals surface area contributed by atoms with Crippen molar-refractivity contribution in [1.82, 2.24) is 9.78 Å². The van der Waals surface area contributed by atoms with Crippen molar-refractivity contribution in [2.75, 3.05) is 0 Å². The monoisotopic (exact) mass is 299 g/mol. The zero-order valence-electron chi connectivity index (χ0n) is 10.3. The minimum atomic E-state index is -0.503. The summed E-state index contributed by atoms with van der Waals surface area (Å²) in [4.78, 5) is 10.6.